The highest BCUT2D eigenvalue weighted by atomic mass is 16.1. The van der Waals surface area contributed by atoms with Crippen LogP contribution in [0.2, 0.25) is 0 Å². The van der Waals surface area contributed by atoms with Gasteiger partial charge in [0, 0.05) is 6.42 Å². The number of carbonyl (C=O) groups excluding carboxylic acids is 1. The van der Waals surface area contributed by atoms with Gasteiger partial charge < -0.3 is 5.32 Å². The highest BCUT2D eigenvalue weighted by molar-refractivity contribution is 5.76. The van der Waals surface area contributed by atoms with E-state index < -0.39 is 0 Å². The number of nitrogens with one attached hydrogen (secondary N) is 1. The maximum atomic E-state index is 12.1. The number of tetrazole rings is 1. The topological polar surface area (TPSA) is 72.7 Å². The van der Waals surface area contributed by atoms with Gasteiger partial charge in [-0.2, -0.15) is 0 Å². The van der Waals surface area contributed by atoms with Gasteiger partial charge in [-0.05, 0) is 42.0 Å². The zero-order valence-electron chi connectivity index (χ0n) is 12.6. The Labute approximate surface area is 125 Å². The maximum absolute atomic E-state index is 12.1. The Morgan fingerprint density at radius 1 is 1.10 bits per heavy atom. The fourth-order valence-electron chi connectivity index (χ4n) is 3.66. The molecule has 1 aromatic heterocycles. The molecule has 2 saturated carbocycles. The summed E-state index contributed by atoms with van der Waals surface area (Å²) in [5.74, 6) is 1.51. The molecule has 6 nitrogen and oxygen atoms in total. The van der Waals surface area contributed by atoms with Crippen LogP contribution in [-0.4, -0.2) is 26.1 Å². The molecule has 1 heterocycles. The van der Waals surface area contributed by atoms with Crippen molar-refractivity contribution in [1.82, 2.24) is 25.5 Å². The Bertz CT molecular complexity index is 460. The molecule has 0 bridgehead atoms. The lowest BCUT2D eigenvalue weighted by Gasteiger charge is -2.20. The summed E-state index contributed by atoms with van der Waals surface area (Å²) in [6, 6.07) is 0.422. The summed E-state index contributed by atoms with van der Waals surface area (Å²) in [6.07, 6.45) is 11.7. The Balaban J connectivity index is 1.48. The van der Waals surface area contributed by atoms with Crippen LogP contribution < -0.4 is 5.32 Å². The normalized spacial score (nSPS) is 20.8. The summed E-state index contributed by atoms with van der Waals surface area (Å²) < 4.78 is 1.91. The first-order valence-corrected chi connectivity index (χ1v) is 8.36. The highest BCUT2D eigenvalue weighted by Gasteiger charge is 2.22. The van der Waals surface area contributed by atoms with Gasteiger partial charge in [0.2, 0.25) is 5.91 Å². The lowest BCUT2D eigenvalue weighted by atomic mass is 9.87. The van der Waals surface area contributed by atoms with Crippen molar-refractivity contribution in [2.45, 2.75) is 76.8 Å². The summed E-state index contributed by atoms with van der Waals surface area (Å²) in [4.78, 5) is 12.1. The second kappa shape index (κ2) is 7.00. The van der Waals surface area contributed by atoms with Crippen molar-refractivity contribution in [3.05, 3.63) is 5.82 Å². The summed E-state index contributed by atoms with van der Waals surface area (Å²) in [5, 5.41) is 14.9. The van der Waals surface area contributed by atoms with Crippen LogP contribution in [0.15, 0.2) is 0 Å². The lowest BCUT2D eigenvalue weighted by Crippen LogP contribution is -2.28. The minimum atomic E-state index is 0.142. The molecule has 0 spiro atoms. The number of carbonyl (C=O) groups is 1. The second-order valence-corrected chi connectivity index (χ2v) is 6.46. The summed E-state index contributed by atoms with van der Waals surface area (Å²) >= 11 is 0. The summed E-state index contributed by atoms with van der Waals surface area (Å²) in [7, 11) is 0. The molecule has 21 heavy (non-hydrogen) atoms. The van der Waals surface area contributed by atoms with Crippen LogP contribution in [0.5, 0.6) is 0 Å². The van der Waals surface area contributed by atoms with Crippen LogP contribution >= 0.6 is 0 Å². The first-order valence-electron chi connectivity index (χ1n) is 8.36. The van der Waals surface area contributed by atoms with E-state index in [0.29, 0.717) is 24.9 Å². The SMILES string of the molecule is O=C(CC1CCCCC1)NCc1nnnn1C1CCCC1. The smallest absolute Gasteiger partial charge is 0.220 e. The third-order valence-electron chi connectivity index (χ3n) is 4.87. The van der Waals surface area contributed by atoms with Crippen LogP contribution in [-0.2, 0) is 11.3 Å². The molecule has 116 valence electrons. The van der Waals surface area contributed by atoms with Crippen LogP contribution in [0, 0.1) is 5.92 Å². The van der Waals surface area contributed by atoms with E-state index >= 15 is 0 Å². The molecule has 0 aromatic carbocycles. The van der Waals surface area contributed by atoms with E-state index in [-0.39, 0.29) is 5.91 Å². The Morgan fingerprint density at radius 3 is 2.57 bits per heavy atom. The molecule has 0 unspecified atom stereocenters. The Kier molecular flexibility index (Phi) is 4.83. The monoisotopic (exact) mass is 291 g/mol. The van der Waals surface area contributed by atoms with Gasteiger partial charge in [0.25, 0.3) is 0 Å². The number of rotatable bonds is 5. The molecule has 2 fully saturated rings. The van der Waals surface area contributed by atoms with Crippen molar-refractivity contribution in [2.75, 3.05) is 0 Å². The van der Waals surface area contributed by atoms with E-state index in [9.17, 15) is 4.79 Å². The quantitative estimate of drug-likeness (QED) is 0.904. The van der Waals surface area contributed by atoms with Crippen LogP contribution in [0.1, 0.15) is 76.1 Å². The average Bonchev–Trinajstić information content (AvgIpc) is 3.17. The number of hydrogen-bond acceptors (Lipinski definition) is 4. The minimum Gasteiger partial charge on any atom is -0.349 e. The molecule has 1 N–H and O–H groups in total. The van der Waals surface area contributed by atoms with E-state index in [2.05, 4.69) is 20.8 Å². The van der Waals surface area contributed by atoms with Crippen molar-refractivity contribution in [1.29, 1.82) is 0 Å². The predicted molar refractivity (Wildman–Crippen MR) is 78.4 cm³/mol. The van der Waals surface area contributed by atoms with E-state index in [1.807, 2.05) is 4.68 Å². The first kappa shape index (κ1) is 14.5. The number of hydrogen-bond donors (Lipinski definition) is 1. The number of amides is 1. The lowest BCUT2D eigenvalue weighted by molar-refractivity contribution is -0.122. The van der Waals surface area contributed by atoms with E-state index in [0.717, 1.165) is 18.7 Å². The van der Waals surface area contributed by atoms with Crippen LogP contribution in [0.25, 0.3) is 0 Å². The summed E-state index contributed by atoms with van der Waals surface area (Å²) in [6.45, 7) is 0.453. The van der Waals surface area contributed by atoms with Crippen LogP contribution in [0.3, 0.4) is 0 Å². The molecule has 3 rings (SSSR count). The van der Waals surface area contributed by atoms with Crippen molar-refractivity contribution >= 4 is 5.91 Å². The number of aromatic nitrogens is 4. The fraction of sp³-hybridized carbons (Fsp3) is 0.867. The Morgan fingerprint density at radius 2 is 1.81 bits per heavy atom. The zero-order valence-corrected chi connectivity index (χ0v) is 12.6. The van der Waals surface area contributed by atoms with Gasteiger partial charge in [-0.3, -0.25) is 4.79 Å². The molecular formula is C15H25N5O. The van der Waals surface area contributed by atoms with Gasteiger partial charge in [0.15, 0.2) is 5.82 Å². The van der Waals surface area contributed by atoms with Crippen molar-refractivity contribution in [3.8, 4) is 0 Å². The van der Waals surface area contributed by atoms with Crippen molar-refractivity contribution < 1.29 is 4.79 Å². The largest absolute Gasteiger partial charge is 0.349 e. The molecule has 2 aliphatic rings. The molecule has 0 atom stereocenters. The maximum Gasteiger partial charge on any atom is 0.220 e. The minimum absolute atomic E-state index is 0.142. The molecule has 1 aromatic rings. The van der Waals surface area contributed by atoms with Crippen molar-refractivity contribution in [2.24, 2.45) is 5.92 Å². The molecule has 0 saturated heterocycles. The molecular weight excluding hydrogens is 266 g/mol. The van der Waals surface area contributed by atoms with Gasteiger partial charge in [-0.15, -0.1) is 5.10 Å². The Hall–Kier alpha value is -1.46. The zero-order chi connectivity index (χ0) is 14.5. The fourth-order valence-corrected chi connectivity index (χ4v) is 3.66. The third-order valence-corrected chi connectivity index (χ3v) is 4.87. The van der Waals surface area contributed by atoms with Gasteiger partial charge in [0.05, 0.1) is 12.6 Å². The third kappa shape index (κ3) is 3.80. The first-order chi connectivity index (χ1) is 10.3. The van der Waals surface area contributed by atoms with E-state index in [4.69, 9.17) is 0 Å². The van der Waals surface area contributed by atoms with Gasteiger partial charge >= 0.3 is 0 Å². The average molecular weight is 291 g/mol. The standard InChI is InChI=1S/C15H25N5O/c21-15(10-12-6-2-1-3-7-12)16-11-14-17-18-19-20(14)13-8-4-5-9-13/h12-13H,1-11H2,(H,16,21). The second-order valence-electron chi connectivity index (χ2n) is 6.46. The van der Waals surface area contributed by atoms with E-state index in [1.54, 1.807) is 0 Å². The highest BCUT2D eigenvalue weighted by Crippen LogP contribution is 2.29. The van der Waals surface area contributed by atoms with Crippen LogP contribution in [0.4, 0.5) is 0 Å². The molecule has 0 radical (unpaired) electrons. The van der Waals surface area contributed by atoms with Crippen molar-refractivity contribution in [3.63, 3.8) is 0 Å². The predicted octanol–water partition coefficient (Wildman–Crippen LogP) is 2.37. The molecule has 6 heteroatoms. The summed E-state index contributed by atoms with van der Waals surface area (Å²) in [5.41, 5.74) is 0. The molecule has 0 aliphatic heterocycles. The number of nitrogens with zero attached hydrogens (tertiary/aromatic N) is 4. The van der Waals surface area contributed by atoms with Gasteiger partial charge in [-0.25, -0.2) is 4.68 Å². The van der Waals surface area contributed by atoms with E-state index in [1.165, 1.54) is 44.9 Å². The van der Waals surface area contributed by atoms with Gasteiger partial charge in [-0.1, -0.05) is 32.1 Å². The van der Waals surface area contributed by atoms with Gasteiger partial charge in [0.1, 0.15) is 0 Å². The molecule has 2 aliphatic carbocycles. The molecule has 1 amide bonds.